The summed E-state index contributed by atoms with van der Waals surface area (Å²) in [6.07, 6.45) is 40.8. The second kappa shape index (κ2) is 43.0. The summed E-state index contributed by atoms with van der Waals surface area (Å²) in [5.74, 6) is 0.997. The van der Waals surface area contributed by atoms with Gasteiger partial charge >= 0.3 is 11.9 Å². The van der Waals surface area contributed by atoms with Crippen LogP contribution in [0.1, 0.15) is 252 Å². The van der Waals surface area contributed by atoms with Crippen molar-refractivity contribution >= 4 is 11.9 Å². The van der Waals surface area contributed by atoms with Crippen LogP contribution in [0.5, 0.6) is 0 Å². The molecule has 0 rings (SSSR count). The fourth-order valence-electron chi connectivity index (χ4n) is 7.74. The highest BCUT2D eigenvalue weighted by Crippen LogP contribution is 2.22. The molecule has 6 nitrogen and oxygen atoms in total. The number of carbonyl (C=O) groups excluding carboxylic acids is 2. The van der Waals surface area contributed by atoms with E-state index in [1.165, 1.54) is 154 Å². The summed E-state index contributed by atoms with van der Waals surface area (Å²) < 4.78 is 11.6. The number of ether oxygens (including phenoxy) is 2. The van der Waals surface area contributed by atoms with Crippen LogP contribution in [0.15, 0.2) is 0 Å². The van der Waals surface area contributed by atoms with Crippen molar-refractivity contribution in [2.45, 2.75) is 258 Å². The van der Waals surface area contributed by atoms with E-state index in [4.69, 9.17) is 9.47 Å². The van der Waals surface area contributed by atoms with Crippen LogP contribution < -0.4 is 5.32 Å². The van der Waals surface area contributed by atoms with E-state index in [1.807, 2.05) is 0 Å². The number of aliphatic hydroxyl groups is 1. The van der Waals surface area contributed by atoms with Gasteiger partial charge in [0.2, 0.25) is 0 Å². The molecule has 2 unspecified atom stereocenters. The molecule has 0 saturated heterocycles. The monoisotopic (exact) mass is 766 g/mol. The van der Waals surface area contributed by atoms with E-state index in [1.54, 1.807) is 0 Å². The van der Waals surface area contributed by atoms with Crippen molar-refractivity contribution in [2.75, 3.05) is 26.4 Å². The molecule has 322 valence electrons. The first-order chi connectivity index (χ1) is 26.5. The highest BCUT2D eigenvalue weighted by Gasteiger charge is 2.15. The van der Waals surface area contributed by atoms with Gasteiger partial charge in [0.15, 0.2) is 0 Å². The van der Waals surface area contributed by atoms with Gasteiger partial charge in [-0.3, -0.25) is 9.59 Å². The normalized spacial score (nSPS) is 13.2. The van der Waals surface area contributed by atoms with Gasteiger partial charge in [0.05, 0.1) is 13.2 Å². The minimum atomic E-state index is -0.0204. The van der Waals surface area contributed by atoms with Gasteiger partial charge in [0.1, 0.15) is 0 Å². The Kier molecular flexibility index (Phi) is 42.1. The molecule has 0 aliphatic carbocycles. The van der Waals surface area contributed by atoms with Crippen molar-refractivity contribution in [3.8, 4) is 0 Å². The van der Waals surface area contributed by atoms with Gasteiger partial charge in [-0.1, -0.05) is 182 Å². The first-order valence-electron chi connectivity index (χ1n) is 24.2. The van der Waals surface area contributed by atoms with E-state index in [9.17, 15) is 14.7 Å². The molecule has 0 fully saturated rings. The van der Waals surface area contributed by atoms with Gasteiger partial charge < -0.3 is 19.9 Å². The highest BCUT2D eigenvalue weighted by atomic mass is 16.5. The summed E-state index contributed by atoms with van der Waals surface area (Å²) >= 11 is 0. The number of hydrogen-bond acceptors (Lipinski definition) is 6. The lowest BCUT2D eigenvalue weighted by atomic mass is 9.95. The van der Waals surface area contributed by atoms with Crippen molar-refractivity contribution in [2.24, 2.45) is 11.8 Å². The number of carbonyl (C=O) groups is 2. The fourth-order valence-corrected chi connectivity index (χ4v) is 7.74. The quantitative estimate of drug-likeness (QED) is 0.0475. The first-order valence-corrected chi connectivity index (χ1v) is 24.2. The third kappa shape index (κ3) is 37.8. The number of rotatable bonds is 44. The second-order valence-electron chi connectivity index (χ2n) is 16.8. The molecule has 0 radical (unpaired) electrons. The molecule has 0 bridgehead atoms. The van der Waals surface area contributed by atoms with Crippen LogP contribution in [-0.2, 0) is 19.1 Å². The van der Waals surface area contributed by atoms with Crippen molar-refractivity contribution in [1.29, 1.82) is 0 Å². The van der Waals surface area contributed by atoms with E-state index in [0.717, 1.165) is 64.3 Å². The van der Waals surface area contributed by atoms with Crippen LogP contribution in [0, 0.1) is 11.8 Å². The molecule has 54 heavy (non-hydrogen) atoms. The maximum atomic E-state index is 12.6. The van der Waals surface area contributed by atoms with Crippen LogP contribution in [0.3, 0.4) is 0 Å². The lowest BCUT2D eigenvalue weighted by Crippen LogP contribution is -2.30. The zero-order chi connectivity index (χ0) is 39.6. The number of unbranched alkanes of at least 4 members (excludes halogenated alkanes) is 20. The van der Waals surface area contributed by atoms with Crippen LogP contribution in [0.25, 0.3) is 0 Å². The molecule has 0 saturated carbocycles. The molecule has 0 amide bonds. The Morgan fingerprint density at radius 1 is 0.426 bits per heavy atom. The Labute approximate surface area is 337 Å². The summed E-state index contributed by atoms with van der Waals surface area (Å²) in [4.78, 5) is 25.2. The molecule has 0 aromatic heterocycles. The van der Waals surface area contributed by atoms with E-state index in [-0.39, 0.29) is 18.5 Å². The summed E-state index contributed by atoms with van der Waals surface area (Å²) in [6.45, 7) is 11.3. The molecule has 0 aromatic carbocycles. The lowest BCUT2D eigenvalue weighted by molar-refractivity contribution is -0.146. The van der Waals surface area contributed by atoms with Gasteiger partial charge in [-0.2, -0.15) is 0 Å². The number of nitrogens with one attached hydrogen (secondary N) is 1. The van der Waals surface area contributed by atoms with Gasteiger partial charge in [-0.15, -0.1) is 0 Å². The van der Waals surface area contributed by atoms with E-state index in [2.05, 4.69) is 33.0 Å². The molecule has 6 heteroatoms. The minimum Gasteiger partial charge on any atom is -0.465 e. The van der Waals surface area contributed by atoms with Crippen molar-refractivity contribution < 1.29 is 24.2 Å². The zero-order valence-corrected chi connectivity index (χ0v) is 36.9. The third-order valence-electron chi connectivity index (χ3n) is 11.5. The standard InChI is InChI=1S/C48H95NO5/c1-5-9-13-17-19-25-34-44(32-23-15-11-7-3)42-53-47(51)38-29-21-27-36-46(49-40-31-41-50)37-28-22-30-39-48(52)54-43-45(33-24-16-12-8-4)35-26-20-18-14-10-6-2/h44-46,49-50H,5-43H2,1-4H3. The third-order valence-corrected chi connectivity index (χ3v) is 11.5. The Morgan fingerprint density at radius 2 is 0.741 bits per heavy atom. The highest BCUT2D eigenvalue weighted by molar-refractivity contribution is 5.69. The molecule has 2 N–H and O–H groups in total. The molecule has 0 aromatic rings. The van der Waals surface area contributed by atoms with E-state index in [0.29, 0.717) is 43.9 Å². The average Bonchev–Trinajstić information content (AvgIpc) is 3.17. The van der Waals surface area contributed by atoms with Crippen LogP contribution >= 0.6 is 0 Å². The van der Waals surface area contributed by atoms with Crippen LogP contribution in [-0.4, -0.2) is 49.5 Å². The number of aliphatic hydroxyl groups excluding tert-OH is 1. The number of hydrogen-bond donors (Lipinski definition) is 2. The zero-order valence-electron chi connectivity index (χ0n) is 36.9. The predicted octanol–water partition coefficient (Wildman–Crippen LogP) is 14.0. The predicted molar refractivity (Wildman–Crippen MR) is 232 cm³/mol. The molecular weight excluding hydrogens is 671 g/mol. The first kappa shape index (κ1) is 52.9. The topological polar surface area (TPSA) is 84.9 Å². The van der Waals surface area contributed by atoms with E-state index < -0.39 is 0 Å². The molecule has 0 heterocycles. The molecule has 2 atom stereocenters. The Bertz CT molecular complexity index is 718. The SMILES string of the molecule is CCCCCCCCC(CCCCCC)COC(=O)CCCCCC(CCCCCC(=O)OCC(CCCCCC)CCCCCCCC)NCCCO. The van der Waals surface area contributed by atoms with Crippen molar-refractivity contribution in [1.82, 2.24) is 5.32 Å². The molecule has 0 aliphatic heterocycles. The maximum Gasteiger partial charge on any atom is 0.305 e. The van der Waals surface area contributed by atoms with Gasteiger partial charge in [0, 0.05) is 25.5 Å². The number of esters is 2. The Morgan fingerprint density at radius 3 is 1.11 bits per heavy atom. The van der Waals surface area contributed by atoms with Crippen LogP contribution in [0.2, 0.25) is 0 Å². The molecule has 0 spiro atoms. The lowest BCUT2D eigenvalue weighted by Gasteiger charge is -2.19. The summed E-state index contributed by atoms with van der Waals surface area (Å²) in [6, 6.07) is 0.418. The Hall–Kier alpha value is -1.14. The van der Waals surface area contributed by atoms with Crippen LogP contribution in [0.4, 0.5) is 0 Å². The van der Waals surface area contributed by atoms with E-state index >= 15 is 0 Å². The molecular formula is C48H95NO5. The van der Waals surface area contributed by atoms with Crippen molar-refractivity contribution in [3.05, 3.63) is 0 Å². The molecule has 0 aliphatic rings. The largest absolute Gasteiger partial charge is 0.465 e. The smallest absolute Gasteiger partial charge is 0.305 e. The second-order valence-corrected chi connectivity index (χ2v) is 16.8. The average molecular weight is 766 g/mol. The minimum absolute atomic E-state index is 0.0204. The van der Waals surface area contributed by atoms with Gasteiger partial charge in [-0.05, 0) is 76.2 Å². The summed E-state index contributed by atoms with van der Waals surface area (Å²) in [5, 5.41) is 12.9. The summed E-state index contributed by atoms with van der Waals surface area (Å²) in [5.41, 5.74) is 0. The fraction of sp³-hybridized carbons (Fsp3) is 0.958. The van der Waals surface area contributed by atoms with Gasteiger partial charge in [0.25, 0.3) is 0 Å². The van der Waals surface area contributed by atoms with Gasteiger partial charge in [-0.25, -0.2) is 0 Å². The Balaban J connectivity index is 4.39. The maximum absolute atomic E-state index is 12.6. The van der Waals surface area contributed by atoms with Crippen molar-refractivity contribution in [3.63, 3.8) is 0 Å². The summed E-state index contributed by atoms with van der Waals surface area (Å²) in [7, 11) is 0.